The van der Waals surface area contributed by atoms with Gasteiger partial charge in [-0.25, -0.2) is 4.68 Å². The van der Waals surface area contributed by atoms with Gasteiger partial charge >= 0.3 is 0 Å². The lowest BCUT2D eigenvalue weighted by Gasteiger charge is -2.08. The van der Waals surface area contributed by atoms with Gasteiger partial charge in [0.15, 0.2) is 0 Å². The van der Waals surface area contributed by atoms with Crippen LogP contribution in [0.4, 0.5) is 0 Å². The molecule has 0 radical (unpaired) electrons. The minimum atomic E-state index is -0.116. The smallest absolute Gasteiger partial charge is 0.244 e. The molecule has 1 amide bonds. The summed E-state index contributed by atoms with van der Waals surface area (Å²) in [7, 11) is 0. The summed E-state index contributed by atoms with van der Waals surface area (Å²) >= 11 is 18.8. The van der Waals surface area contributed by atoms with Crippen LogP contribution in [0.5, 0.6) is 0 Å². The van der Waals surface area contributed by atoms with Crippen LogP contribution < -0.4 is 5.32 Å². The van der Waals surface area contributed by atoms with E-state index in [1.165, 1.54) is 6.08 Å². The maximum atomic E-state index is 11.8. The van der Waals surface area contributed by atoms with Crippen molar-refractivity contribution in [2.75, 3.05) is 0 Å². The lowest BCUT2D eigenvalue weighted by Crippen LogP contribution is -2.22. The Morgan fingerprint density at radius 3 is 2.62 bits per heavy atom. The van der Waals surface area contributed by atoms with Crippen LogP contribution in [0.3, 0.4) is 0 Å². The third-order valence-corrected chi connectivity index (χ3v) is 4.91. The first-order valence-corrected chi connectivity index (χ1v) is 8.73. The number of carbonyl (C=O) groups is 1. The Balaban J connectivity index is 1.81. The third kappa shape index (κ3) is 3.94. The molecule has 1 aromatic carbocycles. The van der Waals surface area contributed by atoms with Gasteiger partial charge in [0, 0.05) is 33.3 Å². The molecule has 0 unspecified atom stereocenters. The van der Waals surface area contributed by atoms with Crippen LogP contribution in [0.15, 0.2) is 24.3 Å². The number of benzene rings is 1. The van der Waals surface area contributed by atoms with E-state index in [1.54, 1.807) is 29.0 Å². The molecule has 4 nitrogen and oxygen atoms in total. The summed E-state index contributed by atoms with van der Waals surface area (Å²) in [5.74, 6) is -0.116. The van der Waals surface area contributed by atoms with E-state index in [0.717, 1.165) is 24.1 Å². The zero-order valence-corrected chi connectivity index (χ0v) is 15.3. The lowest BCUT2D eigenvalue weighted by molar-refractivity contribution is -0.116. The number of hydrogen-bond donors (Lipinski definition) is 1. The number of aryl methyl sites for hydroxylation is 1. The van der Waals surface area contributed by atoms with Crippen LogP contribution >= 0.6 is 34.8 Å². The summed E-state index contributed by atoms with van der Waals surface area (Å²) in [6.07, 6.45) is 5.28. The zero-order valence-electron chi connectivity index (χ0n) is 13.0. The van der Waals surface area contributed by atoms with Gasteiger partial charge in [0.25, 0.3) is 0 Å². The highest BCUT2D eigenvalue weighted by atomic mass is 35.5. The molecule has 0 bridgehead atoms. The second-order valence-electron chi connectivity index (χ2n) is 5.76. The maximum Gasteiger partial charge on any atom is 0.244 e. The number of hydrogen-bond acceptors (Lipinski definition) is 2. The number of aromatic nitrogens is 2. The molecule has 2 aromatic rings. The molecule has 7 heteroatoms. The van der Waals surface area contributed by atoms with Gasteiger partial charge in [-0.2, -0.15) is 5.10 Å². The van der Waals surface area contributed by atoms with Gasteiger partial charge in [-0.3, -0.25) is 4.79 Å². The second kappa shape index (κ2) is 7.18. The van der Waals surface area contributed by atoms with E-state index in [1.807, 2.05) is 6.92 Å². The van der Waals surface area contributed by atoms with Crippen LogP contribution in [0.1, 0.15) is 29.7 Å². The Labute approximate surface area is 155 Å². The standard InChI is InChI=1S/C17H16Cl3N3O/c1-10-12(7-8-16(24)21-11-5-6-11)17(20)23(22-10)9-13-14(18)3-2-4-15(13)19/h2-4,7-8,11H,5-6,9H2,1H3,(H,21,24). The molecule has 1 fully saturated rings. The van der Waals surface area contributed by atoms with Gasteiger partial charge in [0.05, 0.1) is 12.2 Å². The minimum absolute atomic E-state index is 0.116. The molecular formula is C17H16Cl3N3O. The molecule has 1 N–H and O–H groups in total. The molecule has 1 aromatic heterocycles. The average Bonchev–Trinajstić information content (AvgIpc) is 3.29. The van der Waals surface area contributed by atoms with Gasteiger partial charge < -0.3 is 5.32 Å². The van der Waals surface area contributed by atoms with Crippen molar-refractivity contribution in [3.63, 3.8) is 0 Å². The summed E-state index contributed by atoms with van der Waals surface area (Å²) in [6.45, 7) is 2.20. The Kier molecular flexibility index (Phi) is 5.18. The van der Waals surface area contributed by atoms with Crippen LogP contribution in [0.2, 0.25) is 15.2 Å². The lowest BCUT2D eigenvalue weighted by atomic mass is 10.2. The van der Waals surface area contributed by atoms with Gasteiger partial charge in [0.1, 0.15) is 5.15 Å². The number of amides is 1. The Hall–Kier alpha value is -1.49. The first-order chi connectivity index (χ1) is 11.5. The van der Waals surface area contributed by atoms with Crippen molar-refractivity contribution < 1.29 is 4.79 Å². The molecule has 0 atom stereocenters. The molecule has 1 heterocycles. The fourth-order valence-corrected chi connectivity index (χ4v) is 3.14. The van der Waals surface area contributed by atoms with Crippen LogP contribution in [-0.2, 0) is 11.3 Å². The van der Waals surface area contributed by atoms with Crippen LogP contribution in [0.25, 0.3) is 6.08 Å². The van der Waals surface area contributed by atoms with Gasteiger partial charge in [-0.05, 0) is 38.0 Å². The third-order valence-electron chi connectivity index (χ3n) is 3.80. The van der Waals surface area contributed by atoms with Crippen LogP contribution in [-0.4, -0.2) is 21.7 Å². The van der Waals surface area contributed by atoms with E-state index >= 15 is 0 Å². The molecular weight excluding hydrogens is 369 g/mol. The Morgan fingerprint density at radius 2 is 2.00 bits per heavy atom. The van der Waals surface area contributed by atoms with E-state index in [0.29, 0.717) is 33.3 Å². The summed E-state index contributed by atoms with van der Waals surface area (Å²) < 4.78 is 1.63. The highest BCUT2D eigenvalue weighted by Crippen LogP contribution is 2.28. The van der Waals surface area contributed by atoms with E-state index in [-0.39, 0.29) is 5.91 Å². The normalized spacial score (nSPS) is 14.3. The molecule has 0 saturated heterocycles. The second-order valence-corrected chi connectivity index (χ2v) is 6.94. The van der Waals surface area contributed by atoms with Crippen molar-refractivity contribution in [3.8, 4) is 0 Å². The fraction of sp³-hybridized carbons (Fsp3) is 0.294. The monoisotopic (exact) mass is 383 g/mol. The summed E-state index contributed by atoms with van der Waals surface area (Å²) in [5, 5.41) is 8.89. The van der Waals surface area contributed by atoms with E-state index in [9.17, 15) is 4.79 Å². The molecule has 1 aliphatic rings. The maximum absolute atomic E-state index is 11.8. The molecule has 3 rings (SSSR count). The predicted octanol–water partition coefficient (Wildman–Crippen LogP) is 4.49. The molecule has 0 spiro atoms. The summed E-state index contributed by atoms with van der Waals surface area (Å²) in [4.78, 5) is 11.8. The predicted molar refractivity (Wildman–Crippen MR) is 97.7 cm³/mol. The molecule has 1 saturated carbocycles. The molecule has 1 aliphatic carbocycles. The number of rotatable bonds is 5. The largest absolute Gasteiger partial charge is 0.350 e. The first-order valence-electron chi connectivity index (χ1n) is 7.60. The van der Waals surface area contributed by atoms with Gasteiger partial charge in [-0.15, -0.1) is 0 Å². The SMILES string of the molecule is Cc1nn(Cc2c(Cl)cccc2Cl)c(Cl)c1C=CC(=O)NC1CC1. The van der Waals surface area contributed by atoms with Crippen molar-refractivity contribution in [1.82, 2.24) is 15.1 Å². The first kappa shape index (κ1) is 17.3. The molecule has 24 heavy (non-hydrogen) atoms. The van der Waals surface area contributed by atoms with Crippen molar-refractivity contribution in [2.24, 2.45) is 0 Å². The van der Waals surface area contributed by atoms with Crippen molar-refractivity contribution >= 4 is 46.8 Å². The fourth-order valence-electron chi connectivity index (χ4n) is 2.33. The zero-order chi connectivity index (χ0) is 17.3. The van der Waals surface area contributed by atoms with Crippen molar-refractivity contribution in [1.29, 1.82) is 0 Å². The van der Waals surface area contributed by atoms with E-state index in [4.69, 9.17) is 34.8 Å². The number of halogens is 3. The summed E-state index contributed by atoms with van der Waals surface area (Å²) in [5.41, 5.74) is 2.21. The molecule has 126 valence electrons. The van der Waals surface area contributed by atoms with Gasteiger partial charge in [-0.1, -0.05) is 40.9 Å². The highest BCUT2D eigenvalue weighted by molar-refractivity contribution is 6.36. The molecule has 0 aliphatic heterocycles. The van der Waals surface area contributed by atoms with Crippen molar-refractivity contribution in [2.45, 2.75) is 32.4 Å². The van der Waals surface area contributed by atoms with Gasteiger partial charge in [0.2, 0.25) is 5.91 Å². The number of carbonyl (C=O) groups excluding carboxylic acids is 1. The van der Waals surface area contributed by atoms with E-state index in [2.05, 4.69) is 10.4 Å². The highest BCUT2D eigenvalue weighted by Gasteiger charge is 2.22. The quantitative estimate of drug-likeness (QED) is 0.772. The number of nitrogens with zero attached hydrogens (tertiary/aromatic N) is 2. The van der Waals surface area contributed by atoms with Crippen LogP contribution in [0, 0.1) is 6.92 Å². The number of nitrogens with one attached hydrogen (secondary N) is 1. The Bertz CT molecular complexity index is 789. The average molecular weight is 385 g/mol. The Morgan fingerprint density at radius 1 is 1.33 bits per heavy atom. The topological polar surface area (TPSA) is 46.9 Å². The van der Waals surface area contributed by atoms with Crippen molar-refractivity contribution in [3.05, 3.63) is 56.3 Å². The van der Waals surface area contributed by atoms with E-state index < -0.39 is 0 Å². The minimum Gasteiger partial charge on any atom is -0.350 e. The summed E-state index contributed by atoms with van der Waals surface area (Å²) in [6, 6.07) is 5.66.